The molecule has 1 amide bonds. The maximum absolute atomic E-state index is 10.7. The van der Waals surface area contributed by atoms with Gasteiger partial charge in [0, 0.05) is 0 Å². The molecule has 0 spiro atoms. The summed E-state index contributed by atoms with van der Waals surface area (Å²) in [5, 5.41) is 1.32. The Morgan fingerprint density at radius 2 is 2.15 bits per heavy atom. The lowest BCUT2D eigenvalue weighted by molar-refractivity contribution is -0.117. The number of primary amides is 1. The Kier molecular flexibility index (Phi) is 2.02. The summed E-state index contributed by atoms with van der Waals surface area (Å²) in [5.74, 6) is -0.257. The molecule has 0 fully saturated rings. The maximum Gasteiger partial charge on any atom is 0.221 e. The van der Waals surface area contributed by atoms with Gasteiger partial charge in [-0.05, 0) is 11.1 Å². The summed E-state index contributed by atoms with van der Waals surface area (Å²) >= 11 is 0. The quantitative estimate of drug-likeness (QED) is 0.662. The van der Waals surface area contributed by atoms with Crippen LogP contribution in [-0.2, 0) is 4.79 Å². The molecular weight excluding hydrogens is 178 g/mol. The summed E-state index contributed by atoms with van der Waals surface area (Å²) < 4.78 is 0. The Balaban J connectivity index is 2.31. The molecule has 1 aromatic carbocycles. The lowest BCUT2D eigenvalue weighted by Crippen LogP contribution is -2.13. The summed E-state index contributed by atoms with van der Waals surface area (Å²) in [4.78, 5) is 10.7. The number of rotatable bonds is 2. The Morgan fingerprint density at radius 3 is 2.92 bits per heavy atom. The predicted octanol–water partition coefficient (Wildman–Crippen LogP) is 0.246. The first kappa shape index (κ1) is 8.25. The zero-order valence-electron chi connectivity index (χ0n) is 7.08. The highest BCUT2D eigenvalue weighted by atomic mass is 28.2. The predicted molar refractivity (Wildman–Crippen MR) is 53.6 cm³/mol. The smallest absolute Gasteiger partial charge is 0.221 e. The van der Waals surface area contributed by atoms with Crippen molar-refractivity contribution >= 4 is 26.2 Å². The van der Waals surface area contributed by atoms with Crippen molar-refractivity contribution in [1.29, 1.82) is 0 Å². The molecule has 0 saturated heterocycles. The molecule has 0 aromatic heterocycles. The van der Waals surface area contributed by atoms with E-state index in [-0.39, 0.29) is 5.91 Å². The van der Waals surface area contributed by atoms with E-state index in [0.29, 0.717) is 15.9 Å². The van der Waals surface area contributed by atoms with E-state index < -0.39 is 0 Å². The highest BCUT2D eigenvalue weighted by molar-refractivity contribution is 6.63. The second kappa shape index (κ2) is 3.18. The van der Waals surface area contributed by atoms with E-state index in [4.69, 9.17) is 5.73 Å². The largest absolute Gasteiger partial charge is 0.369 e. The van der Waals surface area contributed by atoms with Gasteiger partial charge in [0.2, 0.25) is 5.91 Å². The van der Waals surface area contributed by atoms with E-state index in [9.17, 15) is 4.79 Å². The van der Waals surface area contributed by atoms with Crippen LogP contribution in [0.4, 0.5) is 0 Å². The first-order chi connectivity index (χ1) is 6.27. The summed E-state index contributed by atoms with van der Waals surface area (Å²) in [7, 11) is 0.690. The molecule has 0 saturated carbocycles. The van der Waals surface area contributed by atoms with Crippen molar-refractivity contribution in [2.75, 3.05) is 0 Å². The summed E-state index contributed by atoms with van der Waals surface area (Å²) in [5.41, 5.74) is 9.54. The van der Waals surface area contributed by atoms with Gasteiger partial charge >= 0.3 is 0 Å². The molecule has 2 nitrogen and oxygen atoms in total. The van der Waals surface area contributed by atoms with E-state index in [2.05, 4.69) is 11.8 Å². The number of hydrogen-bond donors (Lipinski definition) is 1. The van der Waals surface area contributed by atoms with E-state index in [1.54, 1.807) is 0 Å². The molecule has 2 radical (unpaired) electrons. The van der Waals surface area contributed by atoms with Crippen LogP contribution in [0.1, 0.15) is 12.0 Å². The summed E-state index contributed by atoms with van der Waals surface area (Å²) in [6, 6.07) is 8.15. The van der Waals surface area contributed by atoms with Gasteiger partial charge in [0.25, 0.3) is 0 Å². The second-order valence-electron chi connectivity index (χ2n) is 3.00. The maximum atomic E-state index is 10.7. The molecule has 13 heavy (non-hydrogen) atoms. The Morgan fingerprint density at radius 1 is 1.38 bits per heavy atom. The number of hydrogen-bond acceptors (Lipinski definition) is 1. The number of amides is 1. The van der Waals surface area contributed by atoms with Crippen LogP contribution in [0.25, 0.3) is 5.57 Å². The zero-order chi connectivity index (χ0) is 9.26. The van der Waals surface area contributed by atoms with Crippen LogP contribution in [0.5, 0.6) is 0 Å². The van der Waals surface area contributed by atoms with Crippen LogP contribution < -0.4 is 10.9 Å². The van der Waals surface area contributed by atoms with E-state index >= 15 is 0 Å². The highest BCUT2D eigenvalue weighted by Gasteiger charge is 2.14. The molecule has 2 N–H and O–H groups in total. The van der Waals surface area contributed by atoms with Gasteiger partial charge in [0.15, 0.2) is 0 Å². The summed E-state index contributed by atoms with van der Waals surface area (Å²) in [6.07, 6.45) is 0.365. The van der Waals surface area contributed by atoms with Gasteiger partial charge in [-0.1, -0.05) is 35.2 Å². The molecule has 64 valence electrons. The first-order valence-electron chi connectivity index (χ1n) is 4.10. The van der Waals surface area contributed by atoms with Crippen molar-refractivity contribution < 1.29 is 4.79 Å². The fourth-order valence-corrected chi connectivity index (χ4v) is 2.64. The fourth-order valence-electron chi connectivity index (χ4n) is 1.47. The molecule has 3 heteroatoms. The molecule has 0 unspecified atom stereocenters. The molecule has 0 bridgehead atoms. The van der Waals surface area contributed by atoms with Crippen molar-refractivity contribution in [2.45, 2.75) is 6.42 Å². The van der Waals surface area contributed by atoms with Crippen molar-refractivity contribution in [3.8, 4) is 0 Å². The average molecular weight is 187 g/mol. The van der Waals surface area contributed by atoms with Crippen molar-refractivity contribution in [2.24, 2.45) is 5.73 Å². The van der Waals surface area contributed by atoms with E-state index in [0.717, 1.165) is 5.57 Å². The second-order valence-corrected chi connectivity index (χ2v) is 4.12. The third kappa shape index (κ3) is 1.55. The highest BCUT2D eigenvalue weighted by Crippen LogP contribution is 2.19. The molecular formula is C10H9NOSi. The number of nitrogens with two attached hydrogens (primary N) is 1. The van der Waals surface area contributed by atoms with Crippen LogP contribution in [-0.4, -0.2) is 15.4 Å². The number of carbonyl (C=O) groups excluding carboxylic acids is 1. The lowest BCUT2D eigenvalue weighted by atomic mass is 10.0. The lowest BCUT2D eigenvalue weighted by Gasteiger charge is -2.02. The average Bonchev–Trinajstić information content (AvgIpc) is 2.48. The SMILES string of the molecule is NC(=O)CC1=C[Si]c2ccccc21. The third-order valence-corrected chi connectivity index (χ3v) is 3.28. The molecule has 0 aliphatic carbocycles. The van der Waals surface area contributed by atoms with Crippen LogP contribution in [0.15, 0.2) is 30.0 Å². The molecule has 2 rings (SSSR count). The summed E-state index contributed by atoms with van der Waals surface area (Å²) in [6.45, 7) is 0. The van der Waals surface area contributed by atoms with E-state index in [1.165, 1.54) is 10.8 Å². The van der Waals surface area contributed by atoms with Gasteiger partial charge < -0.3 is 5.73 Å². The van der Waals surface area contributed by atoms with Crippen LogP contribution in [0.3, 0.4) is 0 Å². The molecule has 1 heterocycles. The van der Waals surface area contributed by atoms with Crippen LogP contribution in [0.2, 0.25) is 0 Å². The Labute approximate surface area is 79.3 Å². The Bertz CT molecular complexity index is 384. The minimum atomic E-state index is -0.257. The van der Waals surface area contributed by atoms with Gasteiger partial charge in [-0.15, -0.1) is 0 Å². The number of carbonyl (C=O) groups is 1. The van der Waals surface area contributed by atoms with Crippen molar-refractivity contribution in [3.05, 3.63) is 35.5 Å². The Hall–Kier alpha value is -1.35. The molecule has 1 aliphatic rings. The van der Waals surface area contributed by atoms with Crippen molar-refractivity contribution in [1.82, 2.24) is 0 Å². The number of benzene rings is 1. The third-order valence-electron chi connectivity index (χ3n) is 2.04. The van der Waals surface area contributed by atoms with E-state index in [1.807, 2.05) is 18.2 Å². The minimum Gasteiger partial charge on any atom is -0.369 e. The fraction of sp³-hybridized carbons (Fsp3) is 0.100. The van der Waals surface area contributed by atoms with Gasteiger partial charge in [-0.2, -0.15) is 0 Å². The van der Waals surface area contributed by atoms with Crippen LogP contribution >= 0.6 is 0 Å². The monoisotopic (exact) mass is 187 g/mol. The molecule has 1 aliphatic heterocycles. The molecule has 1 aromatic rings. The topological polar surface area (TPSA) is 43.1 Å². The van der Waals surface area contributed by atoms with Crippen LogP contribution in [0, 0.1) is 0 Å². The standard InChI is InChI=1S/C10H9NOSi/c11-10(12)5-7-6-13-9-4-2-1-3-8(7)9/h1-4,6H,5H2,(H2,11,12). The van der Waals surface area contributed by atoms with Gasteiger partial charge in [-0.25, -0.2) is 0 Å². The van der Waals surface area contributed by atoms with Gasteiger partial charge in [0.05, 0.1) is 6.42 Å². The van der Waals surface area contributed by atoms with Gasteiger partial charge in [-0.3, -0.25) is 4.79 Å². The van der Waals surface area contributed by atoms with Gasteiger partial charge in [0.1, 0.15) is 9.52 Å². The minimum absolute atomic E-state index is 0.257. The zero-order valence-corrected chi connectivity index (χ0v) is 8.08. The van der Waals surface area contributed by atoms with Crippen molar-refractivity contribution in [3.63, 3.8) is 0 Å². The first-order valence-corrected chi connectivity index (χ1v) is 5.18. The number of fused-ring (bicyclic) bond motifs is 1. The molecule has 0 atom stereocenters. The normalized spacial score (nSPS) is 13.7.